The highest BCUT2D eigenvalue weighted by Crippen LogP contribution is 2.35. The van der Waals surface area contributed by atoms with Gasteiger partial charge in [-0.05, 0) is 29.8 Å². The van der Waals surface area contributed by atoms with Crippen LogP contribution < -0.4 is 5.32 Å². The van der Waals surface area contributed by atoms with Crippen LogP contribution in [0.1, 0.15) is 5.56 Å². The number of benzene rings is 1. The fourth-order valence-corrected chi connectivity index (χ4v) is 2.71. The maximum Gasteiger partial charge on any atom is 0.416 e. The summed E-state index contributed by atoms with van der Waals surface area (Å²) in [5.41, 5.74) is -1.09. The van der Waals surface area contributed by atoms with E-state index >= 15 is 0 Å². The molecule has 4 nitrogen and oxygen atoms in total. The zero-order chi connectivity index (χ0) is 12.8. The standard InChI is InChI=1S/C8H4ClF3N2O2S/c9-7-13-5-2-1-4(8(10,11)12)3-6(5)17(15,16)14-7/h1-3H,(H,13,14). The number of nitrogens with one attached hydrogen (secondary N) is 1. The minimum Gasteiger partial charge on any atom is -0.329 e. The molecular formula is C8H4ClF3N2O2S. The first-order chi connectivity index (χ1) is 7.70. The first-order valence-electron chi connectivity index (χ1n) is 4.19. The van der Waals surface area contributed by atoms with E-state index in [0.29, 0.717) is 6.07 Å². The topological polar surface area (TPSA) is 58.5 Å². The Morgan fingerprint density at radius 3 is 2.53 bits per heavy atom. The van der Waals surface area contributed by atoms with E-state index < -0.39 is 32.0 Å². The van der Waals surface area contributed by atoms with Crippen LogP contribution >= 0.6 is 11.6 Å². The number of rotatable bonds is 0. The number of anilines is 1. The Kier molecular flexibility index (Phi) is 2.58. The molecule has 0 fully saturated rings. The van der Waals surface area contributed by atoms with Crippen LogP contribution in [0.5, 0.6) is 0 Å². The van der Waals surface area contributed by atoms with Gasteiger partial charge in [-0.3, -0.25) is 0 Å². The molecule has 1 aliphatic heterocycles. The number of fused-ring (bicyclic) bond motifs is 1. The summed E-state index contributed by atoms with van der Waals surface area (Å²) in [7, 11) is -4.18. The molecule has 9 heteroatoms. The summed E-state index contributed by atoms with van der Waals surface area (Å²) in [6.07, 6.45) is -4.62. The Bertz CT molecular complexity index is 610. The molecule has 0 unspecified atom stereocenters. The molecule has 17 heavy (non-hydrogen) atoms. The summed E-state index contributed by atoms with van der Waals surface area (Å²) >= 11 is 5.40. The molecule has 0 radical (unpaired) electrons. The molecule has 0 bridgehead atoms. The van der Waals surface area contributed by atoms with Crippen molar-refractivity contribution < 1.29 is 21.6 Å². The lowest BCUT2D eigenvalue weighted by Crippen LogP contribution is -2.18. The van der Waals surface area contributed by atoms with E-state index in [1.165, 1.54) is 0 Å². The van der Waals surface area contributed by atoms with Gasteiger partial charge in [0, 0.05) is 0 Å². The van der Waals surface area contributed by atoms with Gasteiger partial charge in [0.25, 0.3) is 10.0 Å². The van der Waals surface area contributed by atoms with Crippen LogP contribution in [0, 0.1) is 0 Å². The molecule has 1 aromatic carbocycles. The fraction of sp³-hybridized carbons (Fsp3) is 0.125. The number of hydrogen-bond donors (Lipinski definition) is 1. The van der Waals surface area contributed by atoms with Crippen molar-refractivity contribution in [3.05, 3.63) is 23.8 Å². The predicted molar refractivity (Wildman–Crippen MR) is 55.5 cm³/mol. The van der Waals surface area contributed by atoms with Gasteiger partial charge in [-0.15, -0.1) is 4.40 Å². The molecule has 0 aliphatic carbocycles. The van der Waals surface area contributed by atoms with E-state index in [-0.39, 0.29) is 5.69 Å². The van der Waals surface area contributed by atoms with Crippen molar-refractivity contribution in [2.75, 3.05) is 5.32 Å². The van der Waals surface area contributed by atoms with Crippen LogP contribution in [-0.2, 0) is 16.2 Å². The van der Waals surface area contributed by atoms with Crippen LogP contribution in [-0.4, -0.2) is 13.7 Å². The molecule has 92 valence electrons. The van der Waals surface area contributed by atoms with E-state index in [4.69, 9.17) is 11.6 Å². The highest BCUT2D eigenvalue weighted by molar-refractivity contribution is 7.90. The second-order valence-corrected chi connectivity index (χ2v) is 5.12. The van der Waals surface area contributed by atoms with Crippen LogP contribution in [0.15, 0.2) is 27.5 Å². The van der Waals surface area contributed by atoms with Crippen molar-refractivity contribution in [1.82, 2.24) is 0 Å². The Morgan fingerprint density at radius 1 is 1.29 bits per heavy atom. The summed E-state index contributed by atoms with van der Waals surface area (Å²) in [6, 6.07) is 2.27. The van der Waals surface area contributed by atoms with Crippen LogP contribution in [0.4, 0.5) is 18.9 Å². The molecule has 0 saturated heterocycles. The van der Waals surface area contributed by atoms with Crippen molar-refractivity contribution in [2.24, 2.45) is 4.40 Å². The second-order valence-electron chi connectivity index (χ2n) is 3.19. The smallest absolute Gasteiger partial charge is 0.329 e. The lowest BCUT2D eigenvalue weighted by atomic mass is 10.2. The third-order valence-corrected chi connectivity index (χ3v) is 3.62. The van der Waals surface area contributed by atoms with Gasteiger partial charge in [-0.25, -0.2) is 0 Å². The summed E-state index contributed by atoms with van der Waals surface area (Å²) in [4.78, 5) is -0.545. The van der Waals surface area contributed by atoms with Gasteiger partial charge in [0.15, 0.2) is 0 Å². The Labute approximate surface area is 99.2 Å². The zero-order valence-electron chi connectivity index (χ0n) is 7.92. The van der Waals surface area contributed by atoms with Gasteiger partial charge < -0.3 is 5.32 Å². The molecule has 1 N–H and O–H groups in total. The van der Waals surface area contributed by atoms with Gasteiger partial charge in [-0.2, -0.15) is 21.6 Å². The average molecular weight is 285 g/mol. The molecule has 0 aromatic heterocycles. The van der Waals surface area contributed by atoms with E-state index in [1.807, 2.05) is 0 Å². The van der Waals surface area contributed by atoms with Crippen molar-refractivity contribution in [3.63, 3.8) is 0 Å². The summed E-state index contributed by atoms with van der Waals surface area (Å²) in [6.45, 7) is 0. The third-order valence-electron chi connectivity index (χ3n) is 2.02. The van der Waals surface area contributed by atoms with Gasteiger partial charge >= 0.3 is 6.18 Å². The minimum absolute atomic E-state index is 0.0296. The highest BCUT2D eigenvalue weighted by Gasteiger charge is 2.34. The third kappa shape index (κ3) is 2.22. The van der Waals surface area contributed by atoms with Crippen LogP contribution in [0.25, 0.3) is 0 Å². The zero-order valence-corrected chi connectivity index (χ0v) is 9.49. The van der Waals surface area contributed by atoms with Crippen molar-refractivity contribution in [2.45, 2.75) is 11.1 Å². The minimum atomic E-state index is -4.62. The van der Waals surface area contributed by atoms with Gasteiger partial charge in [0.1, 0.15) is 4.90 Å². The largest absolute Gasteiger partial charge is 0.416 e. The number of alkyl halides is 3. The molecule has 1 heterocycles. The normalized spacial score (nSPS) is 18.0. The Hall–Kier alpha value is -1.28. The number of hydrogen-bond acceptors (Lipinski definition) is 3. The molecular weight excluding hydrogens is 281 g/mol. The summed E-state index contributed by atoms with van der Waals surface area (Å²) in [5, 5.41) is 1.96. The van der Waals surface area contributed by atoms with Gasteiger partial charge in [0.2, 0.25) is 5.29 Å². The lowest BCUT2D eigenvalue weighted by molar-refractivity contribution is -0.137. The van der Waals surface area contributed by atoms with Crippen molar-refractivity contribution >= 4 is 32.6 Å². The van der Waals surface area contributed by atoms with Crippen LogP contribution in [0.3, 0.4) is 0 Å². The highest BCUT2D eigenvalue weighted by atomic mass is 35.5. The second kappa shape index (κ2) is 3.61. The van der Waals surface area contributed by atoms with Gasteiger partial charge in [-0.1, -0.05) is 0 Å². The van der Waals surface area contributed by atoms with E-state index in [2.05, 4.69) is 9.71 Å². The monoisotopic (exact) mass is 284 g/mol. The quantitative estimate of drug-likeness (QED) is 0.744. The SMILES string of the molecule is O=S1(=O)N=C(Cl)Nc2ccc(C(F)(F)F)cc21. The van der Waals surface area contributed by atoms with E-state index in [9.17, 15) is 21.6 Å². The number of nitrogens with zero attached hydrogens (tertiary/aromatic N) is 1. The maximum absolute atomic E-state index is 12.4. The molecule has 2 rings (SSSR count). The Morgan fingerprint density at radius 2 is 1.94 bits per heavy atom. The molecule has 1 aliphatic rings. The molecule has 0 spiro atoms. The number of halogens is 4. The molecule has 0 atom stereocenters. The number of amidine groups is 1. The fourth-order valence-electron chi connectivity index (χ4n) is 1.30. The first-order valence-corrected chi connectivity index (χ1v) is 6.01. The average Bonchev–Trinajstić information content (AvgIpc) is 2.13. The summed E-state index contributed by atoms with van der Waals surface area (Å²) in [5.74, 6) is 0. The number of sulfonamides is 1. The van der Waals surface area contributed by atoms with Gasteiger partial charge in [0.05, 0.1) is 11.3 Å². The predicted octanol–water partition coefficient (Wildman–Crippen LogP) is 2.41. The Balaban J connectivity index is 2.65. The van der Waals surface area contributed by atoms with Crippen molar-refractivity contribution in [1.29, 1.82) is 0 Å². The lowest BCUT2D eigenvalue weighted by Gasteiger charge is -2.16. The molecule has 1 aromatic rings. The van der Waals surface area contributed by atoms with Crippen molar-refractivity contribution in [3.8, 4) is 0 Å². The van der Waals surface area contributed by atoms with E-state index in [0.717, 1.165) is 12.1 Å². The van der Waals surface area contributed by atoms with E-state index in [1.54, 1.807) is 0 Å². The maximum atomic E-state index is 12.4. The molecule has 0 saturated carbocycles. The van der Waals surface area contributed by atoms with Crippen LogP contribution in [0.2, 0.25) is 0 Å². The summed E-state index contributed by atoms with van der Waals surface area (Å²) < 4.78 is 63.2. The molecule has 0 amide bonds. The first kappa shape index (κ1) is 12.2.